The quantitative estimate of drug-likeness (QED) is 0.626. The summed E-state index contributed by atoms with van der Waals surface area (Å²) >= 11 is 0. The minimum atomic E-state index is -3.92. The van der Waals surface area contributed by atoms with Crippen molar-refractivity contribution in [3.8, 4) is 11.5 Å². The number of carbonyl (C=O) groups is 1. The SMILES string of the molecule is COc1ccc(OC(=O)C2=NS(=O)(=O)C(N)=C2)cc1. The van der Waals surface area contributed by atoms with E-state index in [2.05, 4.69) is 4.40 Å². The Morgan fingerprint density at radius 3 is 2.26 bits per heavy atom. The molecule has 1 aliphatic heterocycles. The van der Waals surface area contributed by atoms with E-state index >= 15 is 0 Å². The molecule has 1 aromatic carbocycles. The Labute approximate surface area is 109 Å². The number of nitrogens with zero attached hydrogens (tertiary/aromatic N) is 1. The van der Waals surface area contributed by atoms with Crippen LogP contribution in [0.25, 0.3) is 0 Å². The Morgan fingerprint density at radius 2 is 1.79 bits per heavy atom. The van der Waals surface area contributed by atoms with Crippen molar-refractivity contribution in [2.75, 3.05) is 7.11 Å². The molecule has 2 N–H and O–H groups in total. The van der Waals surface area contributed by atoms with Gasteiger partial charge in [0.2, 0.25) is 0 Å². The molecule has 0 aliphatic carbocycles. The van der Waals surface area contributed by atoms with Gasteiger partial charge >= 0.3 is 5.97 Å². The number of esters is 1. The molecule has 100 valence electrons. The van der Waals surface area contributed by atoms with E-state index in [-0.39, 0.29) is 11.5 Å². The van der Waals surface area contributed by atoms with Gasteiger partial charge in [0.1, 0.15) is 11.5 Å². The average Bonchev–Trinajstić information content (AvgIpc) is 2.65. The van der Waals surface area contributed by atoms with Crippen molar-refractivity contribution in [3.05, 3.63) is 35.4 Å². The van der Waals surface area contributed by atoms with Crippen LogP contribution in [0.5, 0.6) is 11.5 Å². The number of benzene rings is 1. The molecule has 0 bridgehead atoms. The van der Waals surface area contributed by atoms with E-state index in [9.17, 15) is 13.2 Å². The van der Waals surface area contributed by atoms with Crippen molar-refractivity contribution >= 4 is 21.7 Å². The summed E-state index contributed by atoms with van der Waals surface area (Å²) in [6, 6.07) is 6.21. The van der Waals surface area contributed by atoms with Gasteiger partial charge in [-0.25, -0.2) is 4.79 Å². The zero-order valence-corrected chi connectivity index (χ0v) is 10.7. The number of sulfonamides is 1. The predicted molar refractivity (Wildman–Crippen MR) is 67.3 cm³/mol. The lowest BCUT2D eigenvalue weighted by Crippen LogP contribution is -2.17. The molecule has 19 heavy (non-hydrogen) atoms. The van der Waals surface area contributed by atoms with E-state index in [0.717, 1.165) is 6.08 Å². The lowest BCUT2D eigenvalue weighted by Gasteiger charge is -2.03. The van der Waals surface area contributed by atoms with Crippen LogP contribution in [0.2, 0.25) is 0 Å². The summed E-state index contributed by atoms with van der Waals surface area (Å²) in [5.41, 5.74) is 4.85. The van der Waals surface area contributed by atoms with E-state index in [1.54, 1.807) is 12.1 Å². The summed E-state index contributed by atoms with van der Waals surface area (Å²) in [6.45, 7) is 0. The Morgan fingerprint density at radius 1 is 1.21 bits per heavy atom. The van der Waals surface area contributed by atoms with Gasteiger partial charge in [-0.05, 0) is 24.3 Å². The van der Waals surface area contributed by atoms with Gasteiger partial charge < -0.3 is 15.2 Å². The minimum absolute atomic E-state index is 0.241. The van der Waals surface area contributed by atoms with Gasteiger partial charge in [0.25, 0.3) is 10.0 Å². The van der Waals surface area contributed by atoms with Gasteiger partial charge in [0, 0.05) is 6.08 Å². The van der Waals surface area contributed by atoms with Gasteiger partial charge in [-0.3, -0.25) is 0 Å². The van der Waals surface area contributed by atoms with Crippen molar-refractivity contribution in [1.82, 2.24) is 0 Å². The van der Waals surface area contributed by atoms with E-state index in [4.69, 9.17) is 15.2 Å². The predicted octanol–water partition coefficient (Wildman–Crippen LogP) is 0.185. The minimum Gasteiger partial charge on any atom is -0.497 e. The molecule has 1 aromatic rings. The molecular formula is C11H10N2O5S. The third kappa shape index (κ3) is 2.74. The highest BCUT2D eigenvalue weighted by atomic mass is 32.2. The topological polar surface area (TPSA) is 108 Å². The maximum atomic E-state index is 11.7. The van der Waals surface area contributed by atoms with Crippen molar-refractivity contribution in [1.29, 1.82) is 0 Å². The highest BCUT2D eigenvalue weighted by Gasteiger charge is 2.27. The van der Waals surface area contributed by atoms with E-state index in [1.165, 1.54) is 19.2 Å². The van der Waals surface area contributed by atoms with Gasteiger partial charge in [-0.1, -0.05) is 0 Å². The standard InChI is InChI=1S/C11H10N2O5S/c1-17-7-2-4-8(5-3-7)18-11(14)9-6-10(12)19(15,16)13-9/h2-6H,12H2,1H3. The summed E-state index contributed by atoms with van der Waals surface area (Å²) in [5.74, 6) is -0.0521. The molecule has 0 fully saturated rings. The second kappa shape index (κ2) is 4.73. The largest absolute Gasteiger partial charge is 0.497 e. The molecule has 0 unspecified atom stereocenters. The molecule has 0 saturated heterocycles. The molecule has 2 rings (SSSR count). The van der Waals surface area contributed by atoms with Crippen LogP contribution in [0.3, 0.4) is 0 Å². The summed E-state index contributed by atoms with van der Waals surface area (Å²) in [6.07, 6.45) is 0.960. The first-order chi connectivity index (χ1) is 8.92. The summed E-state index contributed by atoms with van der Waals surface area (Å²) in [5, 5.41) is -0.478. The zero-order valence-electron chi connectivity index (χ0n) is 9.86. The van der Waals surface area contributed by atoms with Gasteiger partial charge in [-0.15, -0.1) is 0 Å². The second-order valence-corrected chi connectivity index (χ2v) is 5.17. The molecule has 0 amide bonds. The van der Waals surface area contributed by atoms with E-state index in [0.29, 0.717) is 5.75 Å². The number of hydrogen-bond donors (Lipinski definition) is 1. The Kier molecular flexibility index (Phi) is 3.26. The number of rotatable bonds is 3. The lowest BCUT2D eigenvalue weighted by atomic mass is 10.3. The fourth-order valence-corrected chi connectivity index (χ4v) is 2.07. The molecule has 0 aromatic heterocycles. The second-order valence-electron chi connectivity index (χ2n) is 3.56. The third-order valence-corrected chi connectivity index (χ3v) is 3.43. The fraction of sp³-hybridized carbons (Fsp3) is 0.0909. The average molecular weight is 282 g/mol. The lowest BCUT2D eigenvalue weighted by molar-refractivity contribution is -0.126. The number of carbonyl (C=O) groups excluding carboxylic acids is 1. The Bertz CT molecular complexity index is 674. The zero-order chi connectivity index (χ0) is 14.0. The molecular weight excluding hydrogens is 272 g/mol. The first-order valence-corrected chi connectivity index (χ1v) is 6.55. The van der Waals surface area contributed by atoms with Crippen LogP contribution in [0, 0.1) is 0 Å². The van der Waals surface area contributed by atoms with Crippen molar-refractivity contribution in [3.63, 3.8) is 0 Å². The maximum absolute atomic E-state index is 11.7. The van der Waals surface area contributed by atoms with Crippen molar-refractivity contribution < 1.29 is 22.7 Å². The fourth-order valence-electron chi connectivity index (χ4n) is 1.32. The van der Waals surface area contributed by atoms with Crippen molar-refractivity contribution in [2.45, 2.75) is 0 Å². The van der Waals surface area contributed by atoms with Gasteiger partial charge in [0.15, 0.2) is 10.7 Å². The normalized spacial score (nSPS) is 16.5. The van der Waals surface area contributed by atoms with Gasteiger partial charge in [0.05, 0.1) is 7.11 Å². The van der Waals surface area contributed by atoms with Crippen LogP contribution in [-0.2, 0) is 14.8 Å². The molecule has 0 spiro atoms. The Balaban J connectivity index is 2.14. The number of hydrogen-bond acceptors (Lipinski definition) is 6. The summed E-state index contributed by atoms with van der Waals surface area (Å²) in [7, 11) is -2.41. The summed E-state index contributed by atoms with van der Waals surface area (Å²) in [4.78, 5) is 11.7. The highest BCUT2D eigenvalue weighted by molar-refractivity contribution is 7.94. The molecule has 8 heteroatoms. The number of nitrogens with two attached hydrogens (primary N) is 1. The van der Waals surface area contributed by atoms with Crippen LogP contribution in [0.4, 0.5) is 0 Å². The Hall–Kier alpha value is -2.35. The maximum Gasteiger partial charge on any atom is 0.363 e. The smallest absolute Gasteiger partial charge is 0.363 e. The number of ether oxygens (including phenoxy) is 2. The highest BCUT2D eigenvalue weighted by Crippen LogP contribution is 2.18. The number of methoxy groups -OCH3 is 1. The molecule has 7 nitrogen and oxygen atoms in total. The molecule has 0 atom stereocenters. The van der Waals surface area contributed by atoms with Crippen LogP contribution >= 0.6 is 0 Å². The van der Waals surface area contributed by atoms with E-state index in [1.807, 2.05) is 0 Å². The molecule has 0 saturated carbocycles. The first-order valence-electron chi connectivity index (χ1n) is 5.11. The molecule has 1 heterocycles. The van der Waals surface area contributed by atoms with Crippen LogP contribution in [0.15, 0.2) is 39.8 Å². The van der Waals surface area contributed by atoms with Crippen molar-refractivity contribution in [2.24, 2.45) is 10.1 Å². The van der Waals surface area contributed by atoms with E-state index < -0.39 is 21.0 Å². The van der Waals surface area contributed by atoms with Crippen LogP contribution in [0.1, 0.15) is 0 Å². The third-order valence-electron chi connectivity index (χ3n) is 2.27. The molecule has 1 aliphatic rings. The monoisotopic (exact) mass is 282 g/mol. The van der Waals surface area contributed by atoms with Gasteiger partial charge in [-0.2, -0.15) is 12.8 Å². The molecule has 0 radical (unpaired) electrons. The summed E-state index contributed by atoms with van der Waals surface area (Å²) < 4.78 is 35.5. The first kappa shape index (κ1) is 13.1. The van der Waals surface area contributed by atoms with Crippen LogP contribution in [-0.4, -0.2) is 27.2 Å². The van der Waals surface area contributed by atoms with Crippen LogP contribution < -0.4 is 15.2 Å².